The quantitative estimate of drug-likeness (QED) is 0.883. The lowest BCUT2D eigenvalue weighted by Gasteiger charge is -2.32. The summed E-state index contributed by atoms with van der Waals surface area (Å²) in [6.07, 6.45) is 7.21. The second-order valence-corrected chi connectivity index (χ2v) is 5.86. The highest BCUT2D eigenvalue weighted by Gasteiger charge is 2.18. The molecule has 21 heavy (non-hydrogen) atoms. The van der Waals surface area contributed by atoms with Gasteiger partial charge in [-0.2, -0.15) is 0 Å². The molecule has 3 rings (SSSR count). The number of likely N-dealkylation sites (tertiary alicyclic amines) is 1. The van der Waals surface area contributed by atoms with Crippen LogP contribution < -0.4 is 5.32 Å². The average Bonchev–Trinajstić information content (AvgIpc) is 3.06. The lowest BCUT2D eigenvalue weighted by atomic mass is 10.0. The Morgan fingerprint density at radius 1 is 1.05 bits per heavy atom. The molecule has 1 fully saturated rings. The number of rotatable bonds is 6. The van der Waals surface area contributed by atoms with E-state index in [4.69, 9.17) is 4.42 Å². The first-order chi connectivity index (χ1) is 10.4. The maximum Gasteiger partial charge on any atom is 0.0947 e. The van der Waals surface area contributed by atoms with Crippen LogP contribution in [0.5, 0.6) is 0 Å². The number of hydrogen-bond acceptors (Lipinski definition) is 3. The minimum atomic E-state index is 0.646. The van der Waals surface area contributed by atoms with Gasteiger partial charge in [-0.25, -0.2) is 0 Å². The Morgan fingerprint density at radius 3 is 2.57 bits per heavy atom. The molecule has 0 aliphatic carbocycles. The first kappa shape index (κ1) is 14.4. The molecule has 0 unspecified atom stereocenters. The van der Waals surface area contributed by atoms with Crippen molar-refractivity contribution in [2.75, 3.05) is 19.6 Å². The first-order valence-electron chi connectivity index (χ1n) is 7.91. The first-order valence-corrected chi connectivity index (χ1v) is 7.91. The van der Waals surface area contributed by atoms with Gasteiger partial charge in [0, 0.05) is 24.7 Å². The third kappa shape index (κ3) is 4.45. The molecule has 2 heterocycles. The highest BCUT2D eigenvalue weighted by atomic mass is 16.3. The second kappa shape index (κ2) is 7.43. The normalized spacial score (nSPS) is 17.1. The topological polar surface area (TPSA) is 28.4 Å². The van der Waals surface area contributed by atoms with Crippen LogP contribution in [0.1, 0.15) is 24.0 Å². The third-order valence-electron chi connectivity index (χ3n) is 4.32. The van der Waals surface area contributed by atoms with E-state index in [9.17, 15) is 0 Å². The van der Waals surface area contributed by atoms with Crippen molar-refractivity contribution in [2.45, 2.75) is 31.8 Å². The highest BCUT2D eigenvalue weighted by Crippen LogP contribution is 2.12. The zero-order chi connectivity index (χ0) is 14.3. The van der Waals surface area contributed by atoms with Crippen molar-refractivity contribution in [3.8, 4) is 0 Å². The van der Waals surface area contributed by atoms with Gasteiger partial charge in [-0.05, 0) is 44.0 Å². The van der Waals surface area contributed by atoms with E-state index >= 15 is 0 Å². The Kier molecular flexibility index (Phi) is 5.08. The zero-order valence-corrected chi connectivity index (χ0v) is 12.5. The Balaban J connectivity index is 1.35. The summed E-state index contributed by atoms with van der Waals surface area (Å²) in [4.78, 5) is 2.59. The summed E-state index contributed by atoms with van der Waals surface area (Å²) >= 11 is 0. The lowest BCUT2D eigenvalue weighted by molar-refractivity contribution is 0.199. The molecule has 0 radical (unpaired) electrons. The van der Waals surface area contributed by atoms with Crippen LogP contribution in [0.3, 0.4) is 0 Å². The fourth-order valence-corrected chi connectivity index (χ4v) is 2.95. The van der Waals surface area contributed by atoms with E-state index in [-0.39, 0.29) is 0 Å². The van der Waals surface area contributed by atoms with E-state index in [1.165, 1.54) is 43.6 Å². The molecule has 1 aromatic carbocycles. The molecule has 0 amide bonds. The van der Waals surface area contributed by atoms with E-state index < -0.39 is 0 Å². The number of benzene rings is 1. The summed E-state index contributed by atoms with van der Waals surface area (Å²) < 4.78 is 5.10. The smallest absolute Gasteiger partial charge is 0.0947 e. The Labute approximate surface area is 127 Å². The molecule has 0 atom stereocenters. The van der Waals surface area contributed by atoms with Gasteiger partial charge in [-0.1, -0.05) is 30.3 Å². The molecule has 0 saturated carbocycles. The summed E-state index contributed by atoms with van der Waals surface area (Å²) in [5.41, 5.74) is 2.68. The molecule has 1 aliphatic heterocycles. The second-order valence-electron chi connectivity index (χ2n) is 5.86. The summed E-state index contributed by atoms with van der Waals surface area (Å²) in [6.45, 7) is 4.51. The highest BCUT2D eigenvalue weighted by molar-refractivity contribution is 5.14. The fraction of sp³-hybridized carbons (Fsp3) is 0.444. The van der Waals surface area contributed by atoms with Gasteiger partial charge in [0.15, 0.2) is 0 Å². The SMILES string of the molecule is c1ccc(CCN2CCC(NCc3ccoc3)CC2)cc1. The monoisotopic (exact) mass is 284 g/mol. The predicted octanol–water partition coefficient (Wildman–Crippen LogP) is 3.08. The molecule has 3 heteroatoms. The fourth-order valence-electron chi connectivity index (χ4n) is 2.95. The van der Waals surface area contributed by atoms with Gasteiger partial charge >= 0.3 is 0 Å². The van der Waals surface area contributed by atoms with Crippen LogP contribution in [-0.4, -0.2) is 30.6 Å². The minimum Gasteiger partial charge on any atom is -0.472 e. The third-order valence-corrected chi connectivity index (χ3v) is 4.32. The van der Waals surface area contributed by atoms with Crippen molar-refractivity contribution in [3.05, 3.63) is 60.1 Å². The van der Waals surface area contributed by atoms with Crippen molar-refractivity contribution in [2.24, 2.45) is 0 Å². The predicted molar refractivity (Wildman–Crippen MR) is 85.2 cm³/mol. The van der Waals surface area contributed by atoms with Gasteiger partial charge in [0.25, 0.3) is 0 Å². The number of hydrogen-bond donors (Lipinski definition) is 1. The zero-order valence-electron chi connectivity index (χ0n) is 12.5. The van der Waals surface area contributed by atoms with Crippen molar-refractivity contribution >= 4 is 0 Å². The molecule has 1 saturated heterocycles. The molecular weight excluding hydrogens is 260 g/mol. The van der Waals surface area contributed by atoms with E-state index in [1.54, 1.807) is 6.26 Å². The number of nitrogens with one attached hydrogen (secondary N) is 1. The molecule has 0 bridgehead atoms. The van der Waals surface area contributed by atoms with Crippen LogP contribution in [0.25, 0.3) is 0 Å². The molecular formula is C18H24N2O. The van der Waals surface area contributed by atoms with E-state index in [0.29, 0.717) is 6.04 Å². The molecule has 1 aromatic heterocycles. The van der Waals surface area contributed by atoms with Crippen molar-refractivity contribution in [3.63, 3.8) is 0 Å². The van der Waals surface area contributed by atoms with Crippen molar-refractivity contribution in [1.29, 1.82) is 0 Å². The van der Waals surface area contributed by atoms with Gasteiger partial charge < -0.3 is 14.6 Å². The molecule has 0 spiro atoms. The number of furan rings is 1. The van der Waals surface area contributed by atoms with Crippen LogP contribution in [-0.2, 0) is 13.0 Å². The molecule has 2 aromatic rings. The van der Waals surface area contributed by atoms with E-state index in [0.717, 1.165) is 13.0 Å². The largest absolute Gasteiger partial charge is 0.472 e. The van der Waals surface area contributed by atoms with E-state index in [1.807, 2.05) is 12.3 Å². The van der Waals surface area contributed by atoms with Crippen LogP contribution in [0.4, 0.5) is 0 Å². The maximum atomic E-state index is 5.10. The summed E-state index contributed by atoms with van der Waals surface area (Å²) in [5, 5.41) is 3.63. The molecule has 1 N–H and O–H groups in total. The van der Waals surface area contributed by atoms with Crippen LogP contribution in [0.2, 0.25) is 0 Å². The van der Waals surface area contributed by atoms with Crippen LogP contribution in [0, 0.1) is 0 Å². The minimum absolute atomic E-state index is 0.646. The summed E-state index contributed by atoms with van der Waals surface area (Å²) in [7, 11) is 0. The van der Waals surface area contributed by atoms with Gasteiger partial charge in [0.2, 0.25) is 0 Å². The van der Waals surface area contributed by atoms with Crippen LogP contribution >= 0.6 is 0 Å². The Hall–Kier alpha value is -1.58. The number of nitrogens with zero attached hydrogens (tertiary/aromatic N) is 1. The van der Waals surface area contributed by atoms with Gasteiger partial charge in [-0.3, -0.25) is 0 Å². The number of piperidine rings is 1. The molecule has 3 nitrogen and oxygen atoms in total. The van der Waals surface area contributed by atoms with Gasteiger partial charge in [0.1, 0.15) is 0 Å². The Morgan fingerprint density at radius 2 is 1.86 bits per heavy atom. The lowest BCUT2D eigenvalue weighted by Crippen LogP contribution is -2.42. The van der Waals surface area contributed by atoms with E-state index in [2.05, 4.69) is 40.5 Å². The van der Waals surface area contributed by atoms with Crippen molar-refractivity contribution in [1.82, 2.24) is 10.2 Å². The standard InChI is InChI=1S/C18H24N2O/c1-2-4-16(5-3-1)6-10-20-11-7-18(8-12-20)19-14-17-9-13-21-15-17/h1-5,9,13,15,18-19H,6-8,10-12,14H2. The maximum absolute atomic E-state index is 5.10. The van der Waals surface area contributed by atoms with Crippen LogP contribution in [0.15, 0.2) is 53.3 Å². The van der Waals surface area contributed by atoms with Gasteiger partial charge in [-0.15, -0.1) is 0 Å². The molecule has 1 aliphatic rings. The summed E-state index contributed by atoms with van der Waals surface area (Å²) in [6, 6.07) is 13.5. The summed E-state index contributed by atoms with van der Waals surface area (Å²) in [5.74, 6) is 0. The average molecular weight is 284 g/mol. The Bertz CT molecular complexity index is 501. The molecule has 112 valence electrons. The van der Waals surface area contributed by atoms with Crippen molar-refractivity contribution < 1.29 is 4.42 Å². The van der Waals surface area contributed by atoms with Gasteiger partial charge in [0.05, 0.1) is 12.5 Å².